The fourth-order valence-corrected chi connectivity index (χ4v) is 4.13. The summed E-state index contributed by atoms with van der Waals surface area (Å²) >= 11 is 0. The number of rotatable bonds is 4. The highest BCUT2D eigenvalue weighted by Crippen LogP contribution is 2.43. The van der Waals surface area contributed by atoms with Crippen LogP contribution in [0, 0.1) is 0 Å². The molecule has 3 saturated heterocycles. The van der Waals surface area contributed by atoms with Gasteiger partial charge in [0.25, 0.3) is 0 Å². The molecule has 2 aromatic heterocycles. The lowest BCUT2D eigenvalue weighted by atomic mass is 10.1. The van der Waals surface area contributed by atoms with E-state index in [-0.39, 0.29) is 6.04 Å². The first-order valence-corrected chi connectivity index (χ1v) is 9.54. The van der Waals surface area contributed by atoms with Gasteiger partial charge in [0.15, 0.2) is 35.3 Å². The minimum atomic E-state index is -0.780. The molecular formula is C18H23N5O5. The number of ether oxygens (including phenoxy) is 4. The van der Waals surface area contributed by atoms with Gasteiger partial charge in [-0.2, -0.15) is 0 Å². The Morgan fingerprint density at radius 2 is 2.11 bits per heavy atom. The van der Waals surface area contributed by atoms with Crippen molar-refractivity contribution >= 4 is 23.3 Å². The van der Waals surface area contributed by atoms with Crippen LogP contribution in [0.2, 0.25) is 0 Å². The van der Waals surface area contributed by atoms with E-state index in [2.05, 4.69) is 20.3 Å². The lowest BCUT2D eigenvalue weighted by Crippen LogP contribution is -2.30. The van der Waals surface area contributed by atoms with Crippen molar-refractivity contribution in [2.24, 2.45) is 0 Å². The molecule has 3 fully saturated rings. The van der Waals surface area contributed by atoms with Crippen LogP contribution >= 0.6 is 0 Å². The molecule has 10 nitrogen and oxygen atoms in total. The number of fused-ring (bicyclic) bond motifs is 2. The number of aldehydes is 1. The van der Waals surface area contributed by atoms with E-state index in [9.17, 15) is 4.79 Å². The maximum Gasteiger partial charge on any atom is 0.167 e. The molecule has 1 unspecified atom stereocenters. The Morgan fingerprint density at radius 3 is 2.89 bits per heavy atom. The molecule has 5 heterocycles. The zero-order chi connectivity index (χ0) is 19.3. The van der Waals surface area contributed by atoms with Crippen LogP contribution < -0.4 is 5.32 Å². The number of anilines is 1. The van der Waals surface area contributed by atoms with E-state index in [0.717, 1.165) is 25.7 Å². The first-order chi connectivity index (χ1) is 13.6. The second kappa shape index (κ2) is 6.73. The van der Waals surface area contributed by atoms with Crippen molar-refractivity contribution in [1.82, 2.24) is 19.5 Å². The van der Waals surface area contributed by atoms with Gasteiger partial charge in [0, 0.05) is 6.61 Å². The van der Waals surface area contributed by atoms with Crippen molar-refractivity contribution in [2.75, 3.05) is 18.5 Å². The minimum Gasteiger partial charge on any atom is -0.379 e. The Kier molecular flexibility index (Phi) is 4.31. The Labute approximate surface area is 161 Å². The highest BCUT2D eigenvalue weighted by atomic mass is 16.8. The van der Waals surface area contributed by atoms with Gasteiger partial charge in [0.1, 0.15) is 24.6 Å². The standard InChI is InChI=1S/C18H23N5O5/c1-18(2)27-13-11(6-24)26-17(14(13)28-18)23-9-21-12-15(19-8-20-16(12)23)22-10-4-3-5-25-7-10/h6,8-11,13-14,17H,3-5,7H2,1-2H3,(H,19,20,22)/t10?,11-,13-,14+,17+/m0/s1. The number of nitrogens with zero attached hydrogens (tertiary/aromatic N) is 4. The van der Waals surface area contributed by atoms with Crippen LogP contribution in [0.25, 0.3) is 11.2 Å². The molecule has 2 aromatic rings. The third-order valence-electron chi connectivity index (χ3n) is 5.33. The van der Waals surface area contributed by atoms with Gasteiger partial charge in [-0.25, -0.2) is 15.0 Å². The summed E-state index contributed by atoms with van der Waals surface area (Å²) in [7, 11) is 0. The Bertz CT molecular complexity index is 880. The summed E-state index contributed by atoms with van der Waals surface area (Å²) in [5, 5.41) is 3.40. The summed E-state index contributed by atoms with van der Waals surface area (Å²) in [6.45, 7) is 5.09. The van der Waals surface area contributed by atoms with E-state index >= 15 is 0 Å². The van der Waals surface area contributed by atoms with E-state index in [4.69, 9.17) is 18.9 Å². The monoisotopic (exact) mass is 389 g/mol. The molecule has 0 aliphatic carbocycles. The fraction of sp³-hybridized carbons (Fsp3) is 0.667. The minimum absolute atomic E-state index is 0.191. The van der Waals surface area contributed by atoms with E-state index in [1.54, 1.807) is 10.9 Å². The molecule has 0 amide bonds. The smallest absolute Gasteiger partial charge is 0.167 e. The van der Waals surface area contributed by atoms with Crippen LogP contribution in [0.3, 0.4) is 0 Å². The molecule has 0 aromatic carbocycles. The quantitative estimate of drug-likeness (QED) is 0.767. The van der Waals surface area contributed by atoms with Gasteiger partial charge in [0.05, 0.1) is 19.0 Å². The second-order valence-corrected chi connectivity index (χ2v) is 7.80. The van der Waals surface area contributed by atoms with Gasteiger partial charge in [-0.1, -0.05) is 0 Å². The van der Waals surface area contributed by atoms with Gasteiger partial charge < -0.3 is 29.1 Å². The maximum absolute atomic E-state index is 11.5. The zero-order valence-corrected chi connectivity index (χ0v) is 15.8. The molecule has 0 radical (unpaired) electrons. The van der Waals surface area contributed by atoms with Crippen molar-refractivity contribution in [1.29, 1.82) is 0 Å². The van der Waals surface area contributed by atoms with Gasteiger partial charge in [-0.05, 0) is 26.7 Å². The Balaban J connectivity index is 1.46. The van der Waals surface area contributed by atoms with Crippen LogP contribution in [0.4, 0.5) is 5.82 Å². The molecular weight excluding hydrogens is 366 g/mol. The number of hydrogen-bond acceptors (Lipinski definition) is 9. The second-order valence-electron chi connectivity index (χ2n) is 7.80. The molecule has 0 bridgehead atoms. The molecule has 3 aliphatic heterocycles. The molecule has 150 valence electrons. The normalized spacial score (nSPS) is 34.4. The molecule has 1 N–H and O–H groups in total. The van der Waals surface area contributed by atoms with E-state index in [1.807, 2.05) is 13.8 Å². The highest BCUT2D eigenvalue weighted by molar-refractivity contribution is 5.82. The number of imidazole rings is 1. The van der Waals surface area contributed by atoms with E-state index < -0.39 is 30.3 Å². The van der Waals surface area contributed by atoms with Crippen LogP contribution in [-0.4, -0.2) is 69.2 Å². The van der Waals surface area contributed by atoms with Gasteiger partial charge >= 0.3 is 0 Å². The maximum atomic E-state index is 11.5. The van der Waals surface area contributed by atoms with Crippen LogP contribution in [0.15, 0.2) is 12.7 Å². The zero-order valence-electron chi connectivity index (χ0n) is 15.8. The van der Waals surface area contributed by atoms with Crippen molar-refractivity contribution < 1.29 is 23.7 Å². The third-order valence-corrected chi connectivity index (χ3v) is 5.33. The highest BCUT2D eigenvalue weighted by Gasteiger charge is 2.56. The van der Waals surface area contributed by atoms with Gasteiger partial charge in [0.2, 0.25) is 0 Å². The largest absolute Gasteiger partial charge is 0.379 e. The molecule has 10 heteroatoms. The first-order valence-electron chi connectivity index (χ1n) is 9.54. The first kappa shape index (κ1) is 17.9. The number of carbonyl (C=O) groups excluding carboxylic acids is 1. The number of aromatic nitrogens is 4. The predicted molar refractivity (Wildman–Crippen MR) is 96.6 cm³/mol. The summed E-state index contributed by atoms with van der Waals surface area (Å²) < 4.78 is 25.1. The number of nitrogens with one attached hydrogen (secondary N) is 1. The van der Waals surface area contributed by atoms with E-state index in [1.165, 1.54) is 6.33 Å². The summed E-state index contributed by atoms with van der Waals surface area (Å²) in [5.74, 6) is -0.123. The van der Waals surface area contributed by atoms with Crippen LogP contribution in [-0.2, 0) is 23.7 Å². The summed E-state index contributed by atoms with van der Waals surface area (Å²) in [6, 6.07) is 0.191. The predicted octanol–water partition coefficient (Wildman–Crippen LogP) is 1.03. The lowest BCUT2D eigenvalue weighted by Gasteiger charge is -2.24. The average molecular weight is 389 g/mol. The van der Waals surface area contributed by atoms with Crippen molar-refractivity contribution in [2.45, 2.75) is 63.1 Å². The lowest BCUT2D eigenvalue weighted by molar-refractivity contribution is -0.194. The van der Waals surface area contributed by atoms with E-state index in [0.29, 0.717) is 23.6 Å². The van der Waals surface area contributed by atoms with Crippen LogP contribution in [0.1, 0.15) is 32.9 Å². The average Bonchev–Trinajstić information content (AvgIpc) is 3.33. The SMILES string of the molecule is CC1(C)O[C@@H]2[C@@H](O1)[C@H](n1cnc3c(NC4CCCOC4)ncnc31)O[C@H]2C=O. The number of carbonyl (C=O) groups is 1. The fourth-order valence-electron chi connectivity index (χ4n) is 4.13. The Hall–Kier alpha value is -2.14. The molecule has 0 spiro atoms. The molecule has 3 aliphatic rings. The number of hydrogen-bond donors (Lipinski definition) is 1. The van der Waals surface area contributed by atoms with Gasteiger partial charge in [-0.15, -0.1) is 0 Å². The summed E-state index contributed by atoms with van der Waals surface area (Å²) in [6.07, 6.45) is 3.77. The Morgan fingerprint density at radius 1 is 1.25 bits per heavy atom. The van der Waals surface area contributed by atoms with Crippen molar-refractivity contribution in [3.63, 3.8) is 0 Å². The molecule has 28 heavy (non-hydrogen) atoms. The van der Waals surface area contributed by atoms with Crippen molar-refractivity contribution in [3.8, 4) is 0 Å². The third kappa shape index (κ3) is 2.96. The topological polar surface area (TPSA) is 110 Å². The molecule has 5 rings (SSSR count). The molecule has 0 saturated carbocycles. The molecule has 5 atom stereocenters. The van der Waals surface area contributed by atoms with Crippen LogP contribution in [0.5, 0.6) is 0 Å². The summed E-state index contributed by atoms with van der Waals surface area (Å²) in [5.41, 5.74) is 1.25. The van der Waals surface area contributed by atoms with Crippen molar-refractivity contribution in [3.05, 3.63) is 12.7 Å². The summed E-state index contributed by atoms with van der Waals surface area (Å²) in [4.78, 5) is 24.7. The van der Waals surface area contributed by atoms with Gasteiger partial charge in [-0.3, -0.25) is 4.57 Å².